The van der Waals surface area contributed by atoms with E-state index in [1.165, 1.54) is 32.1 Å². The zero-order valence-electron chi connectivity index (χ0n) is 8.72. The summed E-state index contributed by atoms with van der Waals surface area (Å²) in [6, 6.07) is 1.46. The van der Waals surface area contributed by atoms with Gasteiger partial charge in [-0.2, -0.15) is 4.98 Å². The van der Waals surface area contributed by atoms with Crippen LogP contribution in [0.25, 0.3) is 0 Å². The van der Waals surface area contributed by atoms with Crippen LogP contribution in [-0.4, -0.2) is 22.7 Å². The summed E-state index contributed by atoms with van der Waals surface area (Å²) in [5.74, 6) is 2.42. The van der Waals surface area contributed by atoms with Crippen molar-refractivity contribution in [1.29, 1.82) is 0 Å². The zero-order chi connectivity index (χ0) is 9.83. The van der Waals surface area contributed by atoms with Crippen molar-refractivity contribution in [1.82, 2.24) is 10.1 Å². The third kappa shape index (κ3) is 1.20. The van der Waals surface area contributed by atoms with Gasteiger partial charge in [-0.3, -0.25) is 0 Å². The molecule has 4 rings (SSSR count). The molecule has 2 atom stereocenters. The van der Waals surface area contributed by atoms with Gasteiger partial charge in [0.15, 0.2) is 5.82 Å². The molecule has 0 aromatic carbocycles. The minimum atomic E-state index is 0.599. The Hall–Kier alpha value is -1.06. The topological polar surface area (TPSA) is 42.2 Å². The number of anilines is 1. The second kappa shape index (κ2) is 2.74. The van der Waals surface area contributed by atoms with E-state index in [1.54, 1.807) is 0 Å². The highest BCUT2D eigenvalue weighted by Crippen LogP contribution is 2.42. The van der Waals surface area contributed by atoms with Crippen LogP contribution in [0, 0.1) is 5.92 Å². The predicted molar refractivity (Wildman–Crippen MR) is 54.7 cm³/mol. The van der Waals surface area contributed by atoms with Gasteiger partial charge >= 0.3 is 6.01 Å². The molecular formula is C11H15N3O. The van der Waals surface area contributed by atoms with Crippen molar-refractivity contribution in [3.8, 4) is 0 Å². The molecule has 1 aromatic rings. The molecule has 0 N–H and O–H groups in total. The first-order valence-electron chi connectivity index (χ1n) is 6.00. The Bertz CT molecular complexity index is 385. The van der Waals surface area contributed by atoms with E-state index >= 15 is 0 Å². The van der Waals surface area contributed by atoms with Crippen LogP contribution >= 0.6 is 0 Å². The van der Waals surface area contributed by atoms with Crippen LogP contribution in [0.2, 0.25) is 0 Å². The first-order valence-corrected chi connectivity index (χ1v) is 6.00. The van der Waals surface area contributed by atoms with Crippen LogP contribution in [0.1, 0.15) is 43.8 Å². The molecule has 1 saturated heterocycles. The third-order valence-corrected chi connectivity index (χ3v) is 4.03. The second-order valence-electron chi connectivity index (χ2n) is 5.19. The SMILES string of the molecule is C1CC2CC1CN2c1nc(C2CC2)no1. The highest BCUT2D eigenvalue weighted by atomic mass is 16.5. The summed E-state index contributed by atoms with van der Waals surface area (Å²) in [5.41, 5.74) is 0. The number of rotatable bonds is 2. The van der Waals surface area contributed by atoms with E-state index in [2.05, 4.69) is 15.0 Å². The molecule has 3 aliphatic rings. The van der Waals surface area contributed by atoms with Gasteiger partial charge in [-0.15, -0.1) is 0 Å². The largest absolute Gasteiger partial charge is 0.324 e. The Morgan fingerprint density at radius 3 is 2.80 bits per heavy atom. The monoisotopic (exact) mass is 205 g/mol. The lowest BCUT2D eigenvalue weighted by molar-refractivity contribution is 0.394. The summed E-state index contributed by atoms with van der Waals surface area (Å²) >= 11 is 0. The normalized spacial score (nSPS) is 34.0. The van der Waals surface area contributed by atoms with Crippen LogP contribution in [0.5, 0.6) is 0 Å². The molecular weight excluding hydrogens is 190 g/mol. The first kappa shape index (κ1) is 8.13. The fourth-order valence-corrected chi connectivity index (χ4v) is 3.01. The average Bonchev–Trinajstić information content (AvgIpc) is 2.74. The molecule has 4 heteroatoms. The van der Waals surface area contributed by atoms with E-state index in [4.69, 9.17) is 4.52 Å². The smallest absolute Gasteiger partial charge is 0.321 e. The maximum atomic E-state index is 5.37. The van der Waals surface area contributed by atoms with Crippen molar-refractivity contribution in [2.45, 2.75) is 44.1 Å². The standard InChI is InChI=1S/C11H15N3O/c1-4-9-5-7(1)6-14(9)11-12-10(13-15-11)8-2-3-8/h7-9H,1-6H2. The Morgan fingerprint density at radius 1 is 1.20 bits per heavy atom. The lowest BCUT2D eigenvalue weighted by Crippen LogP contribution is -2.32. The van der Waals surface area contributed by atoms with Crippen LogP contribution in [-0.2, 0) is 0 Å². The number of fused-ring (bicyclic) bond motifs is 2. The molecule has 2 aliphatic carbocycles. The van der Waals surface area contributed by atoms with Crippen molar-refractivity contribution in [2.75, 3.05) is 11.4 Å². The van der Waals surface area contributed by atoms with Gasteiger partial charge in [-0.05, 0) is 38.0 Å². The van der Waals surface area contributed by atoms with Crippen molar-refractivity contribution in [3.05, 3.63) is 5.82 Å². The number of hydrogen-bond acceptors (Lipinski definition) is 4. The predicted octanol–water partition coefficient (Wildman–Crippen LogP) is 1.94. The third-order valence-electron chi connectivity index (χ3n) is 4.03. The molecule has 80 valence electrons. The van der Waals surface area contributed by atoms with Crippen molar-refractivity contribution < 1.29 is 4.52 Å². The van der Waals surface area contributed by atoms with Crippen LogP contribution in [0.4, 0.5) is 6.01 Å². The van der Waals surface area contributed by atoms with Gasteiger partial charge in [0.1, 0.15) is 0 Å². The summed E-state index contributed by atoms with van der Waals surface area (Å²) in [7, 11) is 0. The van der Waals surface area contributed by atoms with Crippen molar-refractivity contribution in [2.24, 2.45) is 5.92 Å². The summed E-state index contributed by atoms with van der Waals surface area (Å²) in [4.78, 5) is 6.85. The zero-order valence-corrected chi connectivity index (χ0v) is 8.72. The van der Waals surface area contributed by atoms with Gasteiger partial charge in [0.25, 0.3) is 0 Å². The fourth-order valence-electron chi connectivity index (χ4n) is 3.01. The van der Waals surface area contributed by atoms with Crippen LogP contribution in [0.15, 0.2) is 4.52 Å². The summed E-state index contributed by atoms with van der Waals surface area (Å²) in [6.07, 6.45) is 6.52. The molecule has 2 bridgehead atoms. The van der Waals surface area contributed by atoms with Crippen LogP contribution in [0.3, 0.4) is 0 Å². The molecule has 2 saturated carbocycles. The lowest BCUT2D eigenvalue weighted by Gasteiger charge is -2.24. The second-order valence-corrected chi connectivity index (χ2v) is 5.19. The highest BCUT2D eigenvalue weighted by Gasteiger charge is 2.40. The van der Waals surface area contributed by atoms with Crippen molar-refractivity contribution in [3.63, 3.8) is 0 Å². The molecule has 2 unspecified atom stereocenters. The van der Waals surface area contributed by atoms with Gasteiger partial charge < -0.3 is 9.42 Å². The maximum absolute atomic E-state index is 5.37. The molecule has 4 nitrogen and oxygen atoms in total. The molecule has 1 aliphatic heterocycles. The Balaban J connectivity index is 1.60. The fraction of sp³-hybridized carbons (Fsp3) is 0.818. The summed E-state index contributed by atoms with van der Waals surface area (Å²) in [6.45, 7) is 1.14. The minimum Gasteiger partial charge on any atom is -0.321 e. The quantitative estimate of drug-likeness (QED) is 0.740. The van der Waals surface area contributed by atoms with Crippen LogP contribution < -0.4 is 4.90 Å². The first-order chi connectivity index (χ1) is 7.40. The van der Waals surface area contributed by atoms with E-state index in [0.29, 0.717) is 12.0 Å². The van der Waals surface area contributed by atoms with Crippen molar-refractivity contribution >= 4 is 6.01 Å². The van der Waals surface area contributed by atoms with E-state index in [1.807, 2.05) is 0 Å². The average molecular weight is 205 g/mol. The number of aromatic nitrogens is 2. The molecule has 2 heterocycles. The molecule has 0 amide bonds. The van der Waals surface area contributed by atoms with Gasteiger partial charge in [0.05, 0.1) is 0 Å². The molecule has 0 radical (unpaired) electrons. The molecule has 15 heavy (non-hydrogen) atoms. The number of piperidine rings is 1. The Kier molecular flexibility index (Phi) is 1.49. The van der Waals surface area contributed by atoms with E-state index < -0.39 is 0 Å². The van der Waals surface area contributed by atoms with E-state index in [9.17, 15) is 0 Å². The minimum absolute atomic E-state index is 0.599. The van der Waals surface area contributed by atoms with Gasteiger partial charge in [-0.25, -0.2) is 0 Å². The van der Waals surface area contributed by atoms with E-state index in [0.717, 1.165) is 24.3 Å². The number of hydrogen-bond donors (Lipinski definition) is 0. The molecule has 1 aromatic heterocycles. The van der Waals surface area contributed by atoms with Gasteiger partial charge in [0.2, 0.25) is 0 Å². The number of nitrogens with zero attached hydrogens (tertiary/aromatic N) is 3. The summed E-state index contributed by atoms with van der Waals surface area (Å²) < 4.78 is 5.37. The molecule has 0 spiro atoms. The van der Waals surface area contributed by atoms with E-state index in [-0.39, 0.29) is 0 Å². The lowest BCUT2D eigenvalue weighted by atomic mass is 10.1. The van der Waals surface area contributed by atoms with Gasteiger partial charge in [0, 0.05) is 18.5 Å². The maximum Gasteiger partial charge on any atom is 0.324 e. The Labute approximate surface area is 88.6 Å². The highest BCUT2D eigenvalue weighted by molar-refractivity contribution is 5.32. The summed E-state index contributed by atoms with van der Waals surface area (Å²) in [5, 5.41) is 4.08. The Morgan fingerprint density at radius 2 is 2.13 bits per heavy atom. The van der Waals surface area contributed by atoms with Gasteiger partial charge in [-0.1, -0.05) is 5.16 Å². The molecule has 3 fully saturated rings.